The molecule has 1 aliphatic heterocycles. The first-order chi connectivity index (χ1) is 8.16. The topological polar surface area (TPSA) is 58.4 Å². The van der Waals surface area contributed by atoms with E-state index in [0.717, 1.165) is 13.1 Å². The minimum absolute atomic E-state index is 0.120. The molecule has 2 atom stereocenters. The Hall–Kier alpha value is -0.610. The van der Waals surface area contributed by atoms with Gasteiger partial charge in [-0.3, -0.25) is 9.69 Å². The fourth-order valence-electron chi connectivity index (χ4n) is 2.54. The van der Waals surface area contributed by atoms with Crippen molar-refractivity contribution in [3.8, 4) is 0 Å². The number of primary amides is 1. The minimum Gasteiger partial charge on any atom is -0.368 e. The Morgan fingerprint density at radius 3 is 2.88 bits per heavy atom. The molecule has 0 bridgehead atoms. The third-order valence-electron chi connectivity index (χ3n) is 3.65. The van der Waals surface area contributed by atoms with Gasteiger partial charge < -0.3 is 11.1 Å². The van der Waals surface area contributed by atoms with Crippen molar-refractivity contribution >= 4 is 5.91 Å². The maximum Gasteiger partial charge on any atom is 0.236 e. The third-order valence-corrected chi connectivity index (χ3v) is 3.65. The predicted molar refractivity (Wildman–Crippen MR) is 70.8 cm³/mol. The first-order valence-corrected chi connectivity index (χ1v) is 6.92. The number of nitrogens with zero attached hydrogens (tertiary/aromatic N) is 1. The molecule has 1 saturated heterocycles. The molecule has 1 aliphatic rings. The molecule has 4 heteroatoms. The van der Waals surface area contributed by atoms with Crippen molar-refractivity contribution in [3.05, 3.63) is 0 Å². The fourth-order valence-corrected chi connectivity index (χ4v) is 2.54. The second kappa shape index (κ2) is 7.67. The highest BCUT2D eigenvalue weighted by Crippen LogP contribution is 2.14. The number of amides is 1. The molecule has 1 amide bonds. The molecule has 0 saturated carbocycles. The monoisotopic (exact) mass is 241 g/mol. The molecule has 0 spiro atoms. The Labute approximate surface area is 105 Å². The van der Waals surface area contributed by atoms with E-state index in [-0.39, 0.29) is 11.9 Å². The SMILES string of the molecule is CCCCCCC(C)N1CCNCC1C(N)=O. The molecule has 0 aliphatic carbocycles. The number of nitrogens with one attached hydrogen (secondary N) is 1. The lowest BCUT2D eigenvalue weighted by Crippen LogP contribution is -2.59. The number of hydrogen-bond acceptors (Lipinski definition) is 3. The third kappa shape index (κ3) is 4.64. The predicted octanol–water partition coefficient (Wildman–Crippen LogP) is 1.10. The molecule has 1 rings (SSSR count). The summed E-state index contributed by atoms with van der Waals surface area (Å²) in [6.07, 6.45) is 6.31. The first-order valence-electron chi connectivity index (χ1n) is 6.92. The number of carbonyl (C=O) groups excluding carboxylic acids is 1. The van der Waals surface area contributed by atoms with Crippen LogP contribution in [0.15, 0.2) is 0 Å². The van der Waals surface area contributed by atoms with Crippen LogP contribution in [0.25, 0.3) is 0 Å². The smallest absolute Gasteiger partial charge is 0.236 e. The van der Waals surface area contributed by atoms with Crippen LogP contribution in [0.5, 0.6) is 0 Å². The van der Waals surface area contributed by atoms with Crippen LogP contribution in [0.2, 0.25) is 0 Å². The molecule has 2 unspecified atom stereocenters. The van der Waals surface area contributed by atoms with E-state index in [0.29, 0.717) is 12.6 Å². The zero-order chi connectivity index (χ0) is 12.7. The van der Waals surface area contributed by atoms with E-state index in [1.54, 1.807) is 0 Å². The summed E-state index contributed by atoms with van der Waals surface area (Å²) in [5.74, 6) is -0.197. The Morgan fingerprint density at radius 1 is 1.47 bits per heavy atom. The number of carbonyl (C=O) groups is 1. The molecule has 0 aromatic rings. The molecule has 1 heterocycles. The largest absolute Gasteiger partial charge is 0.368 e. The van der Waals surface area contributed by atoms with Gasteiger partial charge in [0.05, 0.1) is 0 Å². The molecular formula is C13H27N3O. The highest BCUT2D eigenvalue weighted by molar-refractivity contribution is 5.80. The van der Waals surface area contributed by atoms with Crippen LogP contribution in [0, 0.1) is 0 Å². The van der Waals surface area contributed by atoms with Gasteiger partial charge in [0.25, 0.3) is 0 Å². The Morgan fingerprint density at radius 2 is 2.24 bits per heavy atom. The van der Waals surface area contributed by atoms with Crippen LogP contribution in [-0.2, 0) is 4.79 Å². The van der Waals surface area contributed by atoms with E-state index < -0.39 is 0 Å². The van der Waals surface area contributed by atoms with Crippen LogP contribution in [0.4, 0.5) is 0 Å². The second-order valence-electron chi connectivity index (χ2n) is 5.06. The number of nitrogens with two attached hydrogens (primary N) is 1. The lowest BCUT2D eigenvalue weighted by molar-refractivity contribution is -0.124. The quantitative estimate of drug-likeness (QED) is 0.656. The summed E-state index contributed by atoms with van der Waals surface area (Å²) in [5, 5.41) is 3.23. The summed E-state index contributed by atoms with van der Waals surface area (Å²) >= 11 is 0. The summed E-state index contributed by atoms with van der Waals surface area (Å²) in [6.45, 7) is 7.04. The van der Waals surface area contributed by atoms with Crippen LogP contribution < -0.4 is 11.1 Å². The highest BCUT2D eigenvalue weighted by atomic mass is 16.1. The zero-order valence-electron chi connectivity index (χ0n) is 11.2. The van der Waals surface area contributed by atoms with Gasteiger partial charge in [0, 0.05) is 25.7 Å². The zero-order valence-corrected chi connectivity index (χ0v) is 11.2. The molecule has 0 radical (unpaired) electrons. The molecular weight excluding hydrogens is 214 g/mol. The first kappa shape index (κ1) is 14.5. The van der Waals surface area contributed by atoms with Crippen LogP contribution >= 0.6 is 0 Å². The molecule has 1 fully saturated rings. The van der Waals surface area contributed by atoms with Crippen LogP contribution in [0.1, 0.15) is 46.0 Å². The van der Waals surface area contributed by atoms with E-state index in [4.69, 9.17) is 5.73 Å². The van der Waals surface area contributed by atoms with E-state index in [9.17, 15) is 4.79 Å². The average Bonchev–Trinajstić information content (AvgIpc) is 2.34. The number of hydrogen-bond donors (Lipinski definition) is 2. The number of rotatable bonds is 7. The molecule has 3 N–H and O–H groups in total. The summed E-state index contributed by atoms with van der Waals surface area (Å²) in [6, 6.07) is 0.344. The van der Waals surface area contributed by atoms with E-state index >= 15 is 0 Å². The summed E-state index contributed by atoms with van der Waals surface area (Å²) in [4.78, 5) is 13.7. The lowest BCUT2D eigenvalue weighted by atomic mass is 10.0. The maximum atomic E-state index is 11.4. The van der Waals surface area contributed by atoms with Gasteiger partial charge in [0.2, 0.25) is 5.91 Å². The van der Waals surface area contributed by atoms with Gasteiger partial charge in [-0.2, -0.15) is 0 Å². The van der Waals surface area contributed by atoms with E-state index in [1.165, 1.54) is 32.1 Å². The van der Waals surface area contributed by atoms with Crippen molar-refractivity contribution in [2.24, 2.45) is 5.73 Å². The molecule has 0 aromatic carbocycles. The normalized spacial score (nSPS) is 23.5. The summed E-state index contributed by atoms with van der Waals surface area (Å²) in [7, 11) is 0. The average molecular weight is 241 g/mol. The highest BCUT2D eigenvalue weighted by Gasteiger charge is 2.29. The van der Waals surface area contributed by atoms with Crippen molar-refractivity contribution in [2.75, 3.05) is 19.6 Å². The van der Waals surface area contributed by atoms with Crippen LogP contribution in [-0.4, -0.2) is 42.5 Å². The Balaban J connectivity index is 2.36. The van der Waals surface area contributed by atoms with Crippen molar-refractivity contribution in [2.45, 2.75) is 58.0 Å². The molecule has 4 nitrogen and oxygen atoms in total. The van der Waals surface area contributed by atoms with Crippen molar-refractivity contribution in [1.82, 2.24) is 10.2 Å². The molecule has 100 valence electrons. The van der Waals surface area contributed by atoms with Gasteiger partial charge in [-0.25, -0.2) is 0 Å². The van der Waals surface area contributed by atoms with Gasteiger partial charge in [-0.15, -0.1) is 0 Å². The molecule has 17 heavy (non-hydrogen) atoms. The summed E-state index contributed by atoms with van der Waals surface area (Å²) in [5.41, 5.74) is 5.45. The van der Waals surface area contributed by atoms with Gasteiger partial charge >= 0.3 is 0 Å². The van der Waals surface area contributed by atoms with E-state index in [2.05, 4.69) is 24.1 Å². The van der Waals surface area contributed by atoms with Crippen molar-refractivity contribution in [3.63, 3.8) is 0 Å². The summed E-state index contributed by atoms with van der Waals surface area (Å²) < 4.78 is 0. The molecule has 0 aromatic heterocycles. The standard InChI is InChI=1S/C13H27N3O/c1-3-4-5-6-7-11(2)16-9-8-15-10-12(16)13(14)17/h11-12,15H,3-10H2,1-2H3,(H2,14,17). The number of unbranched alkanes of at least 4 members (excludes halogenated alkanes) is 3. The lowest BCUT2D eigenvalue weighted by Gasteiger charge is -2.38. The van der Waals surface area contributed by atoms with Gasteiger partial charge in [0.15, 0.2) is 0 Å². The van der Waals surface area contributed by atoms with Crippen molar-refractivity contribution in [1.29, 1.82) is 0 Å². The minimum atomic E-state index is -0.197. The Kier molecular flexibility index (Phi) is 6.52. The second-order valence-corrected chi connectivity index (χ2v) is 5.06. The van der Waals surface area contributed by atoms with Crippen molar-refractivity contribution < 1.29 is 4.79 Å². The van der Waals surface area contributed by atoms with E-state index in [1.807, 2.05) is 0 Å². The maximum absolute atomic E-state index is 11.4. The Bertz CT molecular complexity index is 233. The number of piperazine rings is 1. The van der Waals surface area contributed by atoms with Gasteiger partial charge in [-0.05, 0) is 13.3 Å². The van der Waals surface area contributed by atoms with Gasteiger partial charge in [0.1, 0.15) is 6.04 Å². The fraction of sp³-hybridized carbons (Fsp3) is 0.923. The van der Waals surface area contributed by atoms with Crippen LogP contribution in [0.3, 0.4) is 0 Å². The van der Waals surface area contributed by atoms with Gasteiger partial charge in [-0.1, -0.05) is 32.6 Å².